The molecule has 0 spiro atoms. The lowest BCUT2D eigenvalue weighted by atomic mass is 10.1. The lowest BCUT2D eigenvalue weighted by Crippen LogP contribution is -2.36. The van der Waals surface area contributed by atoms with Crippen molar-refractivity contribution in [2.45, 2.75) is 25.4 Å². The van der Waals surface area contributed by atoms with Gasteiger partial charge in [-0.05, 0) is 31.0 Å². The molecule has 1 atom stereocenters. The molecule has 0 radical (unpaired) electrons. The molecule has 0 bridgehead atoms. The Bertz CT molecular complexity index is 806. The topological polar surface area (TPSA) is 79.0 Å². The zero-order chi connectivity index (χ0) is 21.2. The van der Waals surface area contributed by atoms with E-state index in [1.165, 1.54) is 13.2 Å². The molecule has 0 aromatic heterocycles. The summed E-state index contributed by atoms with van der Waals surface area (Å²) in [6, 6.07) is 4.80. The van der Waals surface area contributed by atoms with Gasteiger partial charge in [-0.2, -0.15) is 13.2 Å². The van der Waals surface area contributed by atoms with E-state index in [4.69, 9.17) is 4.74 Å². The van der Waals surface area contributed by atoms with Crippen molar-refractivity contribution in [3.05, 3.63) is 23.8 Å². The molecule has 1 aromatic carbocycles. The lowest BCUT2D eigenvalue weighted by Gasteiger charge is -2.23. The molecule has 0 saturated carbocycles. The van der Waals surface area contributed by atoms with E-state index < -0.39 is 36.4 Å². The molecular formula is C19H22F3N3O4. The first-order valence-corrected chi connectivity index (χ1v) is 9.30. The summed E-state index contributed by atoms with van der Waals surface area (Å²) in [5, 5.41) is 2.70. The molecule has 158 valence electrons. The zero-order valence-corrected chi connectivity index (χ0v) is 15.9. The smallest absolute Gasteiger partial charge is 0.406 e. The van der Waals surface area contributed by atoms with Crippen LogP contribution in [-0.4, -0.2) is 62.1 Å². The summed E-state index contributed by atoms with van der Waals surface area (Å²) >= 11 is 0. The van der Waals surface area contributed by atoms with E-state index in [0.29, 0.717) is 10.6 Å². The predicted molar refractivity (Wildman–Crippen MR) is 98.6 cm³/mol. The summed E-state index contributed by atoms with van der Waals surface area (Å²) in [4.78, 5) is 39.1. The summed E-state index contributed by atoms with van der Waals surface area (Å²) in [5.74, 6) is -2.71. The number of hydrogen-bond acceptors (Lipinski definition) is 5. The number of nitrogens with zero attached hydrogens (tertiary/aromatic N) is 2. The number of hydrogen-bond donors (Lipinski definition) is 1. The largest absolute Gasteiger partial charge is 0.465 e. The van der Waals surface area contributed by atoms with Crippen molar-refractivity contribution < 1.29 is 32.3 Å². The Balaban J connectivity index is 1.78. The molecule has 2 heterocycles. The SMILES string of the molecule is COC(=O)c1ccc(N2CCCC2)c(NC(=O)C2CC(=O)N(CC(F)(F)F)C2)c1. The first-order valence-electron chi connectivity index (χ1n) is 9.30. The van der Waals surface area contributed by atoms with Gasteiger partial charge in [-0.15, -0.1) is 0 Å². The Labute approximate surface area is 165 Å². The number of ether oxygens (including phenoxy) is 1. The molecule has 1 N–H and O–H groups in total. The number of esters is 1. The minimum Gasteiger partial charge on any atom is -0.465 e. The minimum absolute atomic E-state index is 0.243. The molecule has 1 aromatic rings. The van der Waals surface area contributed by atoms with Gasteiger partial charge < -0.3 is 19.9 Å². The van der Waals surface area contributed by atoms with Crippen LogP contribution in [0.2, 0.25) is 0 Å². The van der Waals surface area contributed by atoms with Gasteiger partial charge in [0.05, 0.1) is 30.0 Å². The number of nitrogens with one attached hydrogen (secondary N) is 1. The Morgan fingerprint density at radius 2 is 1.93 bits per heavy atom. The van der Waals surface area contributed by atoms with Gasteiger partial charge in [0, 0.05) is 26.1 Å². The molecule has 2 aliphatic heterocycles. The quantitative estimate of drug-likeness (QED) is 0.751. The van der Waals surface area contributed by atoms with E-state index in [1.807, 2.05) is 0 Å². The highest BCUT2D eigenvalue weighted by Crippen LogP contribution is 2.32. The number of rotatable bonds is 5. The van der Waals surface area contributed by atoms with Gasteiger partial charge in [0.2, 0.25) is 11.8 Å². The van der Waals surface area contributed by atoms with Gasteiger partial charge in [-0.3, -0.25) is 9.59 Å². The van der Waals surface area contributed by atoms with E-state index in [2.05, 4.69) is 10.2 Å². The maximum absolute atomic E-state index is 12.7. The van der Waals surface area contributed by atoms with Crippen molar-refractivity contribution in [1.29, 1.82) is 0 Å². The maximum Gasteiger partial charge on any atom is 0.406 e. The third-order valence-electron chi connectivity index (χ3n) is 5.08. The number of methoxy groups -OCH3 is 1. The third kappa shape index (κ3) is 4.99. The number of alkyl halides is 3. The monoisotopic (exact) mass is 413 g/mol. The minimum atomic E-state index is -4.52. The maximum atomic E-state index is 12.7. The van der Waals surface area contributed by atoms with Crippen LogP contribution in [0.1, 0.15) is 29.6 Å². The molecular weight excluding hydrogens is 391 g/mol. The average molecular weight is 413 g/mol. The fourth-order valence-electron chi connectivity index (χ4n) is 3.67. The van der Waals surface area contributed by atoms with E-state index in [0.717, 1.165) is 31.6 Å². The van der Waals surface area contributed by atoms with Crippen molar-refractivity contribution in [1.82, 2.24) is 4.90 Å². The number of carbonyl (C=O) groups excluding carboxylic acids is 3. The summed E-state index contributed by atoms with van der Waals surface area (Å²) in [6.07, 6.45) is -2.80. The van der Waals surface area contributed by atoms with Crippen LogP contribution in [0.15, 0.2) is 18.2 Å². The summed E-state index contributed by atoms with van der Waals surface area (Å²) in [5.41, 5.74) is 1.34. The Kier molecular flexibility index (Phi) is 5.99. The number of likely N-dealkylation sites (tertiary alicyclic amines) is 1. The van der Waals surface area contributed by atoms with Crippen LogP contribution < -0.4 is 10.2 Å². The molecule has 3 rings (SSSR count). The van der Waals surface area contributed by atoms with Gasteiger partial charge >= 0.3 is 12.1 Å². The first kappa shape index (κ1) is 20.9. The van der Waals surface area contributed by atoms with Crippen LogP contribution in [-0.2, 0) is 14.3 Å². The summed E-state index contributed by atoms with van der Waals surface area (Å²) < 4.78 is 42.5. The number of anilines is 2. The highest BCUT2D eigenvalue weighted by Gasteiger charge is 2.40. The molecule has 2 fully saturated rings. The fourth-order valence-corrected chi connectivity index (χ4v) is 3.67. The van der Waals surface area contributed by atoms with E-state index in [9.17, 15) is 27.6 Å². The van der Waals surface area contributed by atoms with Crippen molar-refractivity contribution >= 4 is 29.2 Å². The van der Waals surface area contributed by atoms with Crippen LogP contribution in [0.5, 0.6) is 0 Å². The molecule has 2 aliphatic rings. The fraction of sp³-hybridized carbons (Fsp3) is 0.526. The van der Waals surface area contributed by atoms with Crippen LogP contribution >= 0.6 is 0 Å². The molecule has 7 nitrogen and oxygen atoms in total. The van der Waals surface area contributed by atoms with Crippen LogP contribution in [0.4, 0.5) is 24.5 Å². The average Bonchev–Trinajstić information content (AvgIpc) is 3.30. The van der Waals surface area contributed by atoms with Crippen LogP contribution in [0.3, 0.4) is 0 Å². The summed E-state index contributed by atoms with van der Waals surface area (Å²) in [7, 11) is 1.24. The number of carbonyl (C=O) groups is 3. The van der Waals surface area contributed by atoms with Gasteiger partial charge in [0.1, 0.15) is 6.54 Å². The van der Waals surface area contributed by atoms with Crippen LogP contribution in [0.25, 0.3) is 0 Å². The Hall–Kier alpha value is -2.78. The van der Waals surface area contributed by atoms with E-state index >= 15 is 0 Å². The third-order valence-corrected chi connectivity index (χ3v) is 5.08. The van der Waals surface area contributed by atoms with E-state index in [1.54, 1.807) is 12.1 Å². The Morgan fingerprint density at radius 3 is 2.55 bits per heavy atom. The standard InChI is InChI=1S/C19H22F3N3O4/c1-29-18(28)12-4-5-15(24-6-2-3-7-24)14(8-12)23-17(27)13-9-16(26)25(10-13)11-19(20,21)22/h4-5,8,13H,2-3,6-7,9-11H2,1H3,(H,23,27). The molecule has 1 unspecified atom stereocenters. The highest BCUT2D eigenvalue weighted by molar-refractivity contribution is 6.01. The summed E-state index contributed by atoms with van der Waals surface area (Å²) in [6.45, 7) is -0.0736. The molecule has 10 heteroatoms. The van der Waals surface area contributed by atoms with Crippen molar-refractivity contribution in [3.63, 3.8) is 0 Å². The molecule has 2 amide bonds. The second kappa shape index (κ2) is 8.30. The Morgan fingerprint density at radius 1 is 1.24 bits per heavy atom. The van der Waals surface area contributed by atoms with Crippen molar-refractivity contribution in [2.75, 3.05) is 43.5 Å². The second-order valence-corrected chi connectivity index (χ2v) is 7.20. The van der Waals surface area contributed by atoms with Gasteiger partial charge in [0.25, 0.3) is 0 Å². The molecule has 29 heavy (non-hydrogen) atoms. The number of benzene rings is 1. The molecule has 2 saturated heterocycles. The lowest BCUT2D eigenvalue weighted by molar-refractivity contribution is -0.157. The zero-order valence-electron chi connectivity index (χ0n) is 15.9. The van der Waals surface area contributed by atoms with Crippen molar-refractivity contribution in [2.24, 2.45) is 5.92 Å². The number of amides is 2. The van der Waals surface area contributed by atoms with Gasteiger partial charge in [-0.1, -0.05) is 0 Å². The van der Waals surface area contributed by atoms with Crippen molar-refractivity contribution in [3.8, 4) is 0 Å². The molecule has 0 aliphatic carbocycles. The normalized spacial score (nSPS) is 19.6. The first-order chi connectivity index (χ1) is 13.7. The predicted octanol–water partition coefficient (Wildman–Crippen LogP) is 2.42. The highest BCUT2D eigenvalue weighted by atomic mass is 19.4. The van der Waals surface area contributed by atoms with Crippen LogP contribution in [0, 0.1) is 5.92 Å². The number of halogens is 3. The van der Waals surface area contributed by atoms with Gasteiger partial charge in [0.15, 0.2) is 0 Å². The second-order valence-electron chi connectivity index (χ2n) is 7.20. The van der Waals surface area contributed by atoms with E-state index in [-0.39, 0.29) is 18.5 Å². The van der Waals surface area contributed by atoms with Gasteiger partial charge in [-0.25, -0.2) is 4.79 Å².